The number of benzene rings is 2. The zero-order valence-electron chi connectivity index (χ0n) is 13.4. The van der Waals surface area contributed by atoms with Gasteiger partial charge in [0.25, 0.3) is 0 Å². The van der Waals surface area contributed by atoms with Gasteiger partial charge in [-0.2, -0.15) is 0 Å². The summed E-state index contributed by atoms with van der Waals surface area (Å²) in [5.41, 5.74) is 4.18. The highest BCUT2D eigenvalue weighted by molar-refractivity contribution is 9.10. The maximum absolute atomic E-state index is 5.46. The van der Waals surface area contributed by atoms with Gasteiger partial charge >= 0.3 is 0 Å². The normalized spacial score (nSPS) is 12.9. The van der Waals surface area contributed by atoms with Crippen LogP contribution in [0.25, 0.3) is 28.3 Å². The van der Waals surface area contributed by atoms with E-state index in [1.54, 1.807) is 0 Å². The van der Waals surface area contributed by atoms with Crippen molar-refractivity contribution in [3.8, 4) is 34.0 Å². The van der Waals surface area contributed by atoms with Crippen LogP contribution in [0.1, 0.15) is 0 Å². The second-order valence-corrected chi connectivity index (χ2v) is 6.90. The Kier molecular flexibility index (Phi) is 3.15. The molecular weight excluding hydrogens is 382 g/mol. The molecule has 0 saturated heterocycles. The van der Waals surface area contributed by atoms with Crippen molar-refractivity contribution in [3.05, 3.63) is 59.3 Å². The van der Waals surface area contributed by atoms with E-state index in [-0.39, 0.29) is 6.79 Å². The molecule has 6 heteroatoms. The van der Waals surface area contributed by atoms with E-state index in [1.807, 2.05) is 43.6 Å². The number of ether oxygens (including phenoxy) is 2. The van der Waals surface area contributed by atoms with Gasteiger partial charge in [-0.25, -0.2) is 4.98 Å². The maximum atomic E-state index is 5.46. The van der Waals surface area contributed by atoms with E-state index in [0.717, 1.165) is 44.3 Å². The molecule has 0 unspecified atom stereocenters. The maximum Gasteiger partial charge on any atom is 0.231 e. The third-order valence-corrected chi connectivity index (χ3v) is 4.92. The van der Waals surface area contributed by atoms with Crippen LogP contribution < -0.4 is 9.47 Å². The van der Waals surface area contributed by atoms with Crippen molar-refractivity contribution in [1.29, 1.82) is 0 Å². The highest BCUT2D eigenvalue weighted by atomic mass is 79.9. The molecule has 2 aromatic heterocycles. The number of aryl methyl sites for hydroxylation is 1. The van der Waals surface area contributed by atoms with Gasteiger partial charge in [-0.15, -0.1) is 0 Å². The molecule has 0 spiro atoms. The van der Waals surface area contributed by atoms with Gasteiger partial charge in [0.05, 0.1) is 11.4 Å². The molecular formula is C19H14BrN3O2. The van der Waals surface area contributed by atoms with Gasteiger partial charge in [-0.1, -0.05) is 28.1 Å². The second kappa shape index (κ2) is 5.39. The van der Waals surface area contributed by atoms with Gasteiger partial charge in [0, 0.05) is 35.0 Å². The highest BCUT2D eigenvalue weighted by Crippen LogP contribution is 2.36. The van der Waals surface area contributed by atoms with Crippen molar-refractivity contribution in [2.24, 2.45) is 7.05 Å². The number of aromatic nitrogens is 3. The van der Waals surface area contributed by atoms with Crippen LogP contribution in [-0.2, 0) is 7.05 Å². The van der Waals surface area contributed by atoms with Crippen LogP contribution in [0.5, 0.6) is 11.5 Å². The standard InChI is InChI=1S/C19H14BrN3O2/c1-22-16(13-3-2-4-14(20)7-13)10-23-9-15(21-19(22)23)12-5-6-17-18(8-12)25-11-24-17/h2-10H,11H2,1H3. The van der Waals surface area contributed by atoms with Crippen molar-refractivity contribution in [2.45, 2.75) is 0 Å². The Morgan fingerprint density at radius 2 is 1.88 bits per heavy atom. The largest absolute Gasteiger partial charge is 0.454 e. The number of hydrogen-bond acceptors (Lipinski definition) is 3. The molecule has 2 aromatic carbocycles. The van der Waals surface area contributed by atoms with Crippen molar-refractivity contribution in [2.75, 3.05) is 6.79 Å². The molecule has 0 N–H and O–H groups in total. The summed E-state index contributed by atoms with van der Waals surface area (Å²) in [5.74, 6) is 2.44. The average molecular weight is 396 g/mol. The summed E-state index contributed by atoms with van der Waals surface area (Å²) in [4.78, 5) is 4.79. The van der Waals surface area contributed by atoms with Gasteiger partial charge in [-0.3, -0.25) is 4.40 Å². The van der Waals surface area contributed by atoms with Crippen molar-refractivity contribution in [1.82, 2.24) is 14.0 Å². The minimum Gasteiger partial charge on any atom is -0.454 e. The van der Waals surface area contributed by atoms with E-state index in [9.17, 15) is 0 Å². The van der Waals surface area contributed by atoms with E-state index >= 15 is 0 Å². The van der Waals surface area contributed by atoms with Crippen LogP contribution >= 0.6 is 15.9 Å². The Labute approximate surface area is 152 Å². The summed E-state index contributed by atoms with van der Waals surface area (Å²) >= 11 is 3.53. The lowest BCUT2D eigenvalue weighted by molar-refractivity contribution is 0.174. The second-order valence-electron chi connectivity index (χ2n) is 5.99. The molecule has 0 atom stereocenters. The first-order chi connectivity index (χ1) is 12.2. The molecule has 1 aliphatic rings. The highest BCUT2D eigenvalue weighted by Gasteiger charge is 2.17. The molecule has 0 radical (unpaired) electrons. The summed E-state index contributed by atoms with van der Waals surface area (Å²) in [7, 11) is 2.03. The van der Waals surface area contributed by atoms with Crippen molar-refractivity contribution in [3.63, 3.8) is 0 Å². The Morgan fingerprint density at radius 1 is 1.00 bits per heavy atom. The van der Waals surface area contributed by atoms with Gasteiger partial charge in [0.2, 0.25) is 12.6 Å². The predicted octanol–water partition coefficient (Wildman–Crippen LogP) is 4.50. The number of fused-ring (bicyclic) bond motifs is 2. The Morgan fingerprint density at radius 3 is 2.72 bits per heavy atom. The number of rotatable bonds is 2. The lowest BCUT2D eigenvalue weighted by Gasteiger charge is -2.03. The average Bonchev–Trinajstić information content (AvgIpc) is 3.30. The molecule has 3 heterocycles. The van der Waals surface area contributed by atoms with Gasteiger partial charge < -0.3 is 14.0 Å². The molecule has 0 fully saturated rings. The van der Waals surface area contributed by atoms with Crippen molar-refractivity contribution < 1.29 is 9.47 Å². The van der Waals surface area contributed by atoms with Crippen LogP contribution in [0.4, 0.5) is 0 Å². The molecule has 124 valence electrons. The van der Waals surface area contributed by atoms with Crippen molar-refractivity contribution >= 4 is 21.7 Å². The first-order valence-electron chi connectivity index (χ1n) is 7.89. The first kappa shape index (κ1) is 14.6. The summed E-state index contributed by atoms with van der Waals surface area (Å²) in [5, 5.41) is 0. The lowest BCUT2D eigenvalue weighted by Crippen LogP contribution is -1.93. The fraction of sp³-hybridized carbons (Fsp3) is 0.105. The van der Waals surface area contributed by atoms with Gasteiger partial charge in [0.1, 0.15) is 0 Å². The third kappa shape index (κ3) is 2.33. The quantitative estimate of drug-likeness (QED) is 0.501. The zero-order valence-corrected chi connectivity index (χ0v) is 15.0. The van der Waals surface area contributed by atoms with E-state index in [1.165, 1.54) is 0 Å². The molecule has 4 aromatic rings. The number of nitrogens with zero attached hydrogens (tertiary/aromatic N) is 3. The van der Waals surface area contributed by atoms with Crippen LogP contribution in [0, 0.1) is 0 Å². The topological polar surface area (TPSA) is 40.7 Å². The third-order valence-electron chi connectivity index (χ3n) is 4.42. The molecule has 0 amide bonds. The summed E-state index contributed by atoms with van der Waals surface area (Å²) < 4.78 is 16.0. The number of hydrogen-bond donors (Lipinski definition) is 0. The molecule has 5 nitrogen and oxygen atoms in total. The summed E-state index contributed by atoms with van der Waals surface area (Å²) in [6.45, 7) is 0.278. The minimum absolute atomic E-state index is 0.278. The minimum atomic E-state index is 0.278. The fourth-order valence-corrected chi connectivity index (χ4v) is 3.56. The smallest absolute Gasteiger partial charge is 0.231 e. The monoisotopic (exact) mass is 395 g/mol. The Balaban J connectivity index is 1.59. The number of imidazole rings is 2. The summed E-state index contributed by atoms with van der Waals surface area (Å²) in [6, 6.07) is 14.2. The molecule has 0 bridgehead atoms. The van der Waals surface area contributed by atoms with Crippen LogP contribution in [0.2, 0.25) is 0 Å². The summed E-state index contributed by atoms with van der Waals surface area (Å²) in [6.07, 6.45) is 4.13. The lowest BCUT2D eigenvalue weighted by atomic mass is 10.1. The molecule has 0 aliphatic carbocycles. The van der Waals surface area contributed by atoms with Gasteiger partial charge in [-0.05, 0) is 30.3 Å². The van der Waals surface area contributed by atoms with Crippen LogP contribution in [-0.4, -0.2) is 20.7 Å². The predicted molar refractivity (Wildman–Crippen MR) is 98.9 cm³/mol. The molecule has 1 aliphatic heterocycles. The van der Waals surface area contributed by atoms with E-state index in [2.05, 4.69) is 43.2 Å². The Hall–Kier alpha value is -2.73. The van der Waals surface area contributed by atoms with Gasteiger partial charge in [0.15, 0.2) is 11.5 Å². The van der Waals surface area contributed by atoms with E-state index < -0.39 is 0 Å². The first-order valence-corrected chi connectivity index (χ1v) is 8.69. The SMILES string of the molecule is Cn1c(-c2cccc(Br)c2)cn2cc(-c3ccc4c(c3)OCO4)nc12. The van der Waals surface area contributed by atoms with E-state index in [4.69, 9.17) is 14.5 Å². The zero-order chi connectivity index (χ0) is 17.0. The fourth-order valence-electron chi connectivity index (χ4n) is 3.16. The van der Waals surface area contributed by atoms with E-state index in [0.29, 0.717) is 0 Å². The Bertz CT molecular complexity index is 1110. The molecule has 25 heavy (non-hydrogen) atoms. The van der Waals surface area contributed by atoms with Crippen LogP contribution in [0.3, 0.4) is 0 Å². The molecule has 0 saturated carbocycles. The van der Waals surface area contributed by atoms with Crippen LogP contribution in [0.15, 0.2) is 59.3 Å². The molecule has 5 rings (SSSR count). The number of halogens is 1.